The van der Waals surface area contributed by atoms with Crippen LogP contribution in [0.4, 0.5) is 0 Å². The van der Waals surface area contributed by atoms with E-state index in [1.54, 1.807) is 16.9 Å². The van der Waals surface area contributed by atoms with Gasteiger partial charge in [0.05, 0.1) is 11.8 Å². The summed E-state index contributed by atoms with van der Waals surface area (Å²) in [7, 11) is 1.89. The molecule has 1 amide bonds. The van der Waals surface area contributed by atoms with E-state index in [2.05, 4.69) is 15.2 Å². The van der Waals surface area contributed by atoms with Gasteiger partial charge in [-0.05, 0) is 58.5 Å². The number of carbonyl (C=O) groups is 1. The number of aromatic nitrogens is 3. The van der Waals surface area contributed by atoms with E-state index in [1.165, 1.54) is 32.4 Å². The Morgan fingerprint density at radius 1 is 1.22 bits per heavy atom. The Morgan fingerprint density at radius 2 is 2.00 bits per heavy atom. The topological polar surface area (TPSA) is 67.4 Å². The van der Waals surface area contributed by atoms with Crippen LogP contribution in [0.15, 0.2) is 16.8 Å². The molecule has 7 nitrogen and oxygen atoms in total. The minimum absolute atomic E-state index is 0.00216. The molecule has 7 heteroatoms. The summed E-state index contributed by atoms with van der Waals surface area (Å²) in [5, 5.41) is 8.32. The van der Waals surface area contributed by atoms with Gasteiger partial charge in [0.2, 0.25) is 0 Å². The lowest BCUT2D eigenvalue weighted by atomic mass is 9.98. The Morgan fingerprint density at radius 3 is 2.74 bits per heavy atom. The van der Waals surface area contributed by atoms with Crippen molar-refractivity contribution >= 4 is 5.91 Å². The summed E-state index contributed by atoms with van der Waals surface area (Å²) in [6.45, 7) is 6.30. The summed E-state index contributed by atoms with van der Waals surface area (Å²) < 4.78 is 7.26. The number of amides is 1. The maximum atomic E-state index is 13.1. The van der Waals surface area contributed by atoms with Gasteiger partial charge in [0, 0.05) is 37.9 Å². The second-order valence-electron chi connectivity index (χ2n) is 7.83. The normalized spacial score (nSPS) is 21.1. The van der Waals surface area contributed by atoms with Crippen LogP contribution in [-0.2, 0) is 7.05 Å². The molecule has 4 rings (SSSR count). The van der Waals surface area contributed by atoms with Gasteiger partial charge in [-0.25, -0.2) is 0 Å². The highest BCUT2D eigenvalue weighted by Crippen LogP contribution is 2.26. The second kappa shape index (κ2) is 7.84. The third-order valence-electron chi connectivity index (χ3n) is 6.10. The second-order valence-corrected chi connectivity index (χ2v) is 7.83. The molecule has 27 heavy (non-hydrogen) atoms. The van der Waals surface area contributed by atoms with Crippen LogP contribution in [0.3, 0.4) is 0 Å². The first-order valence-electron chi connectivity index (χ1n) is 10.1. The summed E-state index contributed by atoms with van der Waals surface area (Å²) in [4.78, 5) is 17.7. The summed E-state index contributed by atoms with van der Waals surface area (Å²) in [6.07, 6.45) is 8.78. The van der Waals surface area contributed by atoms with Gasteiger partial charge >= 0.3 is 0 Å². The van der Waals surface area contributed by atoms with E-state index in [4.69, 9.17) is 4.52 Å². The lowest BCUT2D eigenvalue weighted by Gasteiger charge is -2.36. The third-order valence-corrected chi connectivity index (χ3v) is 6.10. The minimum atomic E-state index is -0.00216. The molecule has 2 saturated heterocycles. The maximum Gasteiger partial charge on any atom is 0.276 e. The van der Waals surface area contributed by atoms with E-state index in [-0.39, 0.29) is 5.91 Å². The quantitative estimate of drug-likeness (QED) is 0.808. The Bertz CT molecular complexity index is 790. The van der Waals surface area contributed by atoms with Crippen LogP contribution >= 0.6 is 0 Å². The number of hydrogen-bond acceptors (Lipinski definition) is 5. The van der Waals surface area contributed by atoms with Gasteiger partial charge in [0.15, 0.2) is 11.5 Å². The molecule has 2 aromatic rings. The van der Waals surface area contributed by atoms with Crippen LogP contribution in [0.2, 0.25) is 0 Å². The van der Waals surface area contributed by atoms with Gasteiger partial charge in [-0.15, -0.1) is 0 Å². The van der Waals surface area contributed by atoms with Gasteiger partial charge in [-0.1, -0.05) is 5.16 Å². The molecule has 0 aromatic carbocycles. The van der Waals surface area contributed by atoms with Crippen LogP contribution in [0.5, 0.6) is 0 Å². The zero-order valence-corrected chi connectivity index (χ0v) is 16.4. The van der Waals surface area contributed by atoms with Crippen LogP contribution < -0.4 is 0 Å². The SMILES string of the molecule is Cc1c(-c2cc(C(=O)N3CCCC[C@@H]3CCN3CCCC3)no2)cnn1C. The molecule has 0 saturated carbocycles. The number of hydrogen-bond donors (Lipinski definition) is 0. The molecule has 0 aliphatic carbocycles. The van der Waals surface area contributed by atoms with Crippen molar-refractivity contribution in [1.29, 1.82) is 0 Å². The first-order valence-corrected chi connectivity index (χ1v) is 10.1. The molecule has 0 unspecified atom stereocenters. The number of rotatable bonds is 5. The molecule has 1 atom stereocenters. The summed E-state index contributed by atoms with van der Waals surface area (Å²) >= 11 is 0. The van der Waals surface area contributed by atoms with Gasteiger partial charge in [-0.3, -0.25) is 9.48 Å². The Kier molecular flexibility index (Phi) is 5.29. The number of likely N-dealkylation sites (tertiary alicyclic amines) is 2. The van der Waals surface area contributed by atoms with Crippen LogP contribution in [0, 0.1) is 6.92 Å². The van der Waals surface area contributed by atoms with Crippen molar-refractivity contribution in [2.45, 2.75) is 51.5 Å². The van der Waals surface area contributed by atoms with Crippen LogP contribution in [-0.4, -0.2) is 62.9 Å². The Hall–Kier alpha value is -2.15. The van der Waals surface area contributed by atoms with Crippen molar-refractivity contribution in [3.8, 4) is 11.3 Å². The Labute approximate surface area is 160 Å². The predicted octanol–water partition coefficient (Wildman–Crippen LogP) is 2.86. The monoisotopic (exact) mass is 371 g/mol. The summed E-state index contributed by atoms with van der Waals surface area (Å²) in [5.41, 5.74) is 2.28. The highest BCUT2D eigenvalue weighted by molar-refractivity contribution is 5.93. The highest BCUT2D eigenvalue weighted by Gasteiger charge is 2.30. The fourth-order valence-electron chi connectivity index (χ4n) is 4.30. The molecular weight excluding hydrogens is 342 g/mol. The maximum absolute atomic E-state index is 13.1. The molecular formula is C20H29N5O2. The van der Waals surface area contributed by atoms with Crippen molar-refractivity contribution in [1.82, 2.24) is 24.7 Å². The molecule has 0 bridgehead atoms. The van der Waals surface area contributed by atoms with E-state index >= 15 is 0 Å². The average molecular weight is 371 g/mol. The third kappa shape index (κ3) is 3.78. The van der Waals surface area contributed by atoms with E-state index < -0.39 is 0 Å². The molecule has 0 radical (unpaired) electrons. The number of carbonyl (C=O) groups excluding carboxylic acids is 1. The van der Waals surface area contributed by atoms with E-state index in [1.807, 2.05) is 18.9 Å². The largest absolute Gasteiger partial charge is 0.355 e. The number of nitrogens with zero attached hydrogens (tertiary/aromatic N) is 5. The van der Waals surface area contributed by atoms with Crippen molar-refractivity contribution in [2.24, 2.45) is 7.05 Å². The van der Waals surface area contributed by atoms with Gasteiger partial charge in [-0.2, -0.15) is 5.10 Å². The fourth-order valence-corrected chi connectivity index (χ4v) is 4.30. The number of piperidine rings is 1. The molecule has 2 fully saturated rings. The zero-order valence-electron chi connectivity index (χ0n) is 16.4. The fraction of sp³-hybridized carbons (Fsp3) is 0.650. The first-order chi connectivity index (χ1) is 13.1. The van der Waals surface area contributed by atoms with Crippen molar-refractivity contribution < 1.29 is 9.32 Å². The number of aryl methyl sites for hydroxylation is 1. The van der Waals surface area contributed by atoms with Gasteiger partial charge < -0.3 is 14.3 Å². The molecule has 146 valence electrons. The van der Waals surface area contributed by atoms with Crippen molar-refractivity contribution in [3.63, 3.8) is 0 Å². The van der Waals surface area contributed by atoms with Gasteiger partial charge in [0.25, 0.3) is 5.91 Å². The molecule has 0 spiro atoms. The molecule has 2 aromatic heterocycles. The van der Waals surface area contributed by atoms with E-state index in [0.29, 0.717) is 17.5 Å². The smallest absolute Gasteiger partial charge is 0.276 e. The average Bonchev–Trinajstić information content (AvgIpc) is 3.43. The summed E-state index contributed by atoms with van der Waals surface area (Å²) in [6, 6.07) is 2.07. The van der Waals surface area contributed by atoms with E-state index in [0.717, 1.165) is 43.6 Å². The van der Waals surface area contributed by atoms with Crippen molar-refractivity contribution in [3.05, 3.63) is 23.7 Å². The lowest BCUT2D eigenvalue weighted by Crippen LogP contribution is -2.45. The zero-order chi connectivity index (χ0) is 18.8. The minimum Gasteiger partial charge on any atom is -0.355 e. The molecule has 2 aliphatic rings. The molecule has 4 heterocycles. The standard InChI is InChI=1S/C20H29N5O2/c1-15-17(14-21-23(15)2)19-13-18(22-27-19)20(26)25-11-4-3-7-16(25)8-12-24-9-5-6-10-24/h13-14,16H,3-12H2,1-2H3/t16-/m1/s1. The highest BCUT2D eigenvalue weighted by atomic mass is 16.5. The molecule has 0 N–H and O–H groups in total. The van der Waals surface area contributed by atoms with Crippen molar-refractivity contribution in [2.75, 3.05) is 26.2 Å². The summed E-state index contributed by atoms with van der Waals surface area (Å²) in [5.74, 6) is 0.604. The first kappa shape index (κ1) is 18.2. The predicted molar refractivity (Wildman–Crippen MR) is 102 cm³/mol. The van der Waals surface area contributed by atoms with Gasteiger partial charge in [0.1, 0.15) is 0 Å². The van der Waals surface area contributed by atoms with Crippen LogP contribution in [0.25, 0.3) is 11.3 Å². The molecule has 2 aliphatic heterocycles. The Balaban J connectivity index is 1.46. The lowest BCUT2D eigenvalue weighted by molar-refractivity contribution is 0.0577. The van der Waals surface area contributed by atoms with E-state index in [9.17, 15) is 4.79 Å². The van der Waals surface area contributed by atoms with Crippen LogP contribution in [0.1, 0.15) is 54.7 Å².